The average molecular weight is 348 g/mol. The number of nitrogens with one attached hydrogen (secondary N) is 1. The fraction of sp³-hybridized carbons (Fsp3) is 0.200. The van der Waals surface area contributed by atoms with E-state index < -0.39 is 29.5 Å². The quantitative estimate of drug-likeness (QED) is 0.851. The normalized spacial score (nSPS) is 12.1. The smallest absolute Gasteiger partial charge is 0.348 e. The molecule has 0 fully saturated rings. The summed E-state index contributed by atoms with van der Waals surface area (Å²) in [5.41, 5.74) is -1.61. The van der Waals surface area contributed by atoms with Crippen LogP contribution in [0.25, 0.3) is 0 Å². The first-order valence-corrected chi connectivity index (χ1v) is 6.55. The van der Waals surface area contributed by atoms with Crippen LogP contribution in [0.5, 0.6) is 0 Å². The first-order valence-electron chi connectivity index (χ1n) is 6.55. The number of hydrogen-bond acceptors (Lipinski definition) is 2. The lowest BCUT2D eigenvalue weighted by atomic mass is 10.1. The first-order chi connectivity index (χ1) is 11.1. The second kappa shape index (κ2) is 6.50. The van der Waals surface area contributed by atoms with Crippen molar-refractivity contribution in [3.8, 4) is 0 Å². The highest BCUT2D eigenvalue weighted by molar-refractivity contribution is 5.93. The number of halogens is 6. The number of amides is 1. The Kier molecular flexibility index (Phi) is 4.81. The van der Waals surface area contributed by atoms with E-state index in [0.717, 1.165) is 24.4 Å². The minimum atomic E-state index is -4.60. The number of pyridine rings is 1. The third kappa shape index (κ3) is 4.46. The van der Waals surface area contributed by atoms with Crippen molar-refractivity contribution in [3.05, 3.63) is 65.0 Å². The first kappa shape index (κ1) is 17.8. The van der Waals surface area contributed by atoms with E-state index in [1.807, 2.05) is 0 Å². The molecule has 0 saturated heterocycles. The molecule has 2 rings (SSSR count). The summed E-state index contributed by atoms with van der Waals surface area (Å²) in [6, 6.07) is 5.80. The van der Waals surface area contributed by atoms with Gasteiger partial charge in [-0.1, -0.05) is 12.1 Å². The van der Waals surface area contributed by atoms with Gasteiger partial charge in [0, 0.05) is 12.7 Å². The molecular weight excluding hydrogens is 338 g/mol. The van der Waals surface area contributed by atoms with Crippen LogP contribution in [0.4, 0.5) is 26.3 Å². The van der Waals surface area contributed by atoms with Gasteiger partial charge in [-0.25, -0.2) is 0 Å². The van der Waals surface area contributed by atoms with Crippen LogP contribution in [-0.2, 0) is 18.9 Å². The zero-order valence-corrected chi connectivity index (χ0v) is 11.9. The van der Waals surface area contributed by atoms with Gasteiger partial charge in [0.2, 0.25) is 0 Å². The van der Waals surface area contributed by atoms with Gasteiger partial charge in [0.05, 0.1) is 11.1 Å². The molecule has 9 heteroatoms. The Morgan fingerprint density at radius 3 is 2.00 bits per heavy atom. The van der Waals surface area contributed by atoms with Crippen molar-refractivity contribution in [3.63, 3.8) is 0 Å². The van der Waals surface area contributed by atoms with Crippen molar-refractivity contribution in [1.29, 1.82) is 0 Å². The number of carbonyl (C=O) groups is 1. The van der Waals surface area contributed by atoms with Gasteiger partial charge >= 0.3 is 12.4 Å². The van der Waals surface area contributed by atoms with Crippen molar-refractivity contribution in [2.75, 3.05) is 0 Å². The second-order valence-corrected chi connectivity index (χ2v) is 4.81. The number of hydrogen-bond donors (Lipinski definition) is 1. The topological polar surface area (TPSA) is 42.0 Å². The molecule has 24 heavy (non-hydrogen) atoms. The van der Waals surface area contributed by atoms with E-state index >= 15 is 0 Å². The summed E-state index contributed by atoms with van der Waals surface area (Å²) >= 11 is 0. The van der Waals surface area contributed by atoms with Crippen molar-refractivity contribution < 1.29 is 31.1 Å². The molecule has 3 nitrogen and oxygen atoms in total. The summed E-state index contributed by atoms with van der Waals surface area (Å²) in [7, 11) is 0. The number of benzene rings is 1. The van der Waals surface area contributed by atoms with Crippen LogP contribution in [0, 0.1) is 0 Å². The van der Waals surface area contributed by atoms with Crippen LogP contribution in [-0.4, -0.2) is 10.9 Å². The summed E-state index contributed by atoms with van der Waals surface area (Å²) in [5.74, 6) is -0.684. The van der Waals surface area contributed by atoms with Crippen LogP contribution in [0.15, 0.2) is 42.6 Å². The molecule has 0 atom stereocenters. The minimum absolute atomic E-state index is 0.0714. The van der Waals surface area contributed by atoms with Crippen LogP contribution < -0.4 is 5.32 Å². The number of carbonyl (C=O) groups excluding carboxylic acids is 1. The van der Waals surface area contributed by atoms with Gasteiger partial charge in [-0.3, -0.25) is 9.78 Å². The van der Waals surface area contributed by atoms with Gasteiger partial charge in [0.1, 0.15) is 5.69 Å². The Morgan fingerprint density at radius 2 is 1.54 bits per heavy atom. The molecule has 0 aliphatic rings. The van der Waals surface area contributed by atoms with E-state index in [2.05, 4.69) is 10.3 Å². The molecular formula is C15H10F6N2O. The molecule has 0 radical (unpaired) electrons. The van der Waals surface area contributed by atoms with Crippen LogP contribution in [0.1, 0.15) is 27.2 Å². The Balaban J connectivity index is 1.98. The van der Waals surface area contributed by atoms with Gasteiger partial charge in [-0.05, 0) is 29.8 Å². The van der Waals surface area contributed by atoms with Gasteiger partial charge in [-0.2, -0.15) is 26.3 Å². The fourth-order valence-corrected chi connectivity index (χ4v) is 1.79. The number of alkyl halides is 6. The Labute approximate surface area is 132 Å². The van der Waals surface area contributed by atoms with Crippen molar-refractivity contribution in [2.45, 2.75) is 18.9 Å². The third-order valence-electron chi connectivity index (χ3n) is 3.05. The number of rotatable bonds is 3. The van der Waals surface area contributed by atoms with E-state index in [0.29, 0.717) is 11.6 Å². The Morgan fingerprint density at radius 1 is 0.917 bits per heavy atom. The zero-order chi connectivity index (χ0) is 18.0. The van der Waals surface area contributed by atoms with E-state index in [1.54, 1.807) is 0 Å². The highest BCUT2D eigenvalue weighted by Crippen LogP contribution is 2.29. The third-order valence-corrected chi connectivity index (χ3v) is 3.05. The molecule has 1 heterocycles. The standard InChI is InChI=1S/C15H10F6N2O/c16-14(17,18)11-4-1-9(2-5-11)7-23-13(24)10-3-6-12(22-8-10)15(19,20)21/h1-6,8H,7H2,(H,23,24). The highest BCUT2D eigenvalue weighted by atomic mass is 19.4. The molecule has 1 aromatic carbocycles. The lowest BCUT2D eigenvalue weighted by molar-refractivity contribution is -0.141. The van der Waals surface area contributed by atoms with Gasteiger partial charge in [-0.15, -0.1) is 0 Å². The maximum Gasteiger partial charge on any atom is 0.433 e. The van der Waals surface area contributed by atoms with Crippen LogP contribution >= 0.6 is 0 Å². The van der Waals surface area contributed by atoms with Crippen molar-refractivity contribution in [2.24, 2.45) is 0 Å². The predicted octanol–water partition coefficient (Wildman–Crippen LogP) is 4.05. The van der Waals surface area contributed by atoms with Crippen LogP contribution in [0.2, 0.25) is 0 Å². The summed E-state index contributed by atoms with van der Waals surface area (Å²) in [6.07, 6.45) is -8.27. The molecule has 0 aliphatic carbocycles. The predicted molar refractivity (Wildman–Crippen MR) is 71.9 cm³/mol. The lowest BCUT2D eigenvalue weighted by Crippen LogP contribution is -2.23. The number of aromatic nitrogens is 1. The highest BCUT2D eigenvalue weighted by Gasteiger charge is 2.32. The lowest BCUT2D eigenvalue weighted by Gasteiger charge is -2.09. The molecule has 1 amide bonds. The summed E-state index contributed by atoms with van der Waals surface area (Å²) in [5, 5.41) is 2.39. The van der Waals surface area contributed by atoms with Crippen LogP contribution in [0.3, 0.4) is 0 Å². The molecule has 0 saturated carbocycles. The molecule has 2 aromatic rings. The zero-order valence-electron chi connectivity index (χ0n) is 11.9. The van der Waals surface area contributed by atoms with E-state index in [9.17, 15) is 31.1 Å². The molecule has 1 N–H and O–H groups in total. The fourth-order valence-electron chi connectivity index (χ4n) is 1.79. The Bertz CT molecular complexity index is 705. The Hall–Kier alpha value is -2.58. The minimum Gasteiger partial charge on any atom is -0.348 e. The molecule has 1 aromatic heterocycles. The van der Waals surface area contributed by atoms with Crippen molar-refractivity contribution >= 4 is 5.91 Å². The van der Waals surface area contributed by atoms with E-state index in [-0.39, 0.29) is 12.1 Å². The summed E-state index contributed by atoms with van der Waals surface area (Å²) in [4.78, 5) is 14.9. The molecule has 128 valence electrons. The van der Waals surface area contributed by atoms with E-state index in [1.165, 1.54) is 12.1 Å². The molecule has 0 aliphatic heterocycles. The maximum absolute atomic E-state index is 12.4. The molecule has 0 bridgehead atoms. The second-order valence-electron chi connectivity index (χ2n) is 4.81. The molecule has 0 unspecified atom stereocenters. The largest absolute Gasteiger partial charge is 0.433 e. The van der Waals surface area contributed by atoms with E-state index in [4.69, 9.17) is 0 Å². The van der Waals surface area contributed by atoms with Gasteiger partial charge in [0.15, 0.2) is 0 Å². The van der Waals surface area contributed by atoms with Gasteiger partial charge in [0.25, 0.3) is 5.91 Å². The monoisotopic (exact) mass is 348 g/mol. The average Bonchev–Trinajstić information content (AvgIpc) is 2.51. The summed E-state index contributed by atoms with van der Waals surface area (Å²) < 4.78 is 74.3. The number of nitrogens with zero attached hydrogens (tertiary/aromatic N) is 1. The molecule has 0 spiro atoms. The summed E-state index contributed by atoms with van der Waals surface area (Å²) in [6.45, 7) is -0.0714. The van der Waals surface area contributed by atoms with Crippen molar-refractivity contribution in [1.82, 2.24) is 10.3 Å². The SMILES string of the molecule is O=C(NCc1ccc(C(F)(F)F)cc1)c1ccc(C(F)(F)F)nc1. The van der Waals surface area contributed by atoms with Gasteiger partial charge < -0.3 is 5.32 Å². The maximum atomic E-state index is 12.4.